The van der Waals surface area contributed by atoms with Crippen LogP contribution in [0.4, 0.5) is 17.4 Å². The zero-order valence-electron chi connectivity index (χ0n) is 62.4. The number of carbonyl (C=O) groups is 2. The fourth-order valence-electron chi connectivity index (χ4n) is 10.9. The van der Waals surface area contributed by atoms with E-state index in [4.69, 9.17) is 44.5 Å². The standard InChI is InChI=1S/C21H18N4O3.C13H8ClN3O2.C13H9N3O2.C9H19N.C8H5BrN2O.C8H11NO.C6H4BrNO.C6H6O.CH4/c1-14-6-7-17(27-2)10-18(14)24-21-23-13-19(28-21)15-9-16(12-22-11-15)25-8-4-3-5-20(25)26;14-13-16-8-11(19-13)9-5-10(7-15-6-9)17-4-2-1-3-12(17)18;17-13-3-1-2-4-16(13)11-5-10(6-14-7-11)12-8-15-9-18-12;1-3-8-6-4-5-7-9(8)10-2;9-7-1-6(2-10-3-7)8-4-11-5-12-8;1-6-3-4-7(10-2)5-8(6)9;7-6-1-5(4-9)2-8-3-6;7-6-4-2-1-3-5-6;/h3-13H,1-2H3,(H,23,24);1-8H;1-9H;8-10H,3-7H2,1-2H3;1-5H;3-5H,9H2,1-2H3;1-4H;1-4H,5H2;1H4. The molecule has 0 aliphatic heterocycles. The highest BCUT2D eigenvalue weighted by atomic mass is 79.9. The summed E-state index contributed by atoms with van der Waals surface area (Å²) in [5.41, 5.74) is 14.7. The number of aryl methyl sites for hydroxylation is 2. The van der Waals surface area contributed by atoms with Crippen LogP contribution in [0.5, 0.6) is 11.5 Å². The molecule has 4 N–H and O–H groups in total. The van der Waals surface area contributed by atoms with Crippen molar-refractivity contribution in [3.63, 3.8) is 0 Å². The number of oxazole rings is 4. The van der Waals surface area contributed by atoms with Crippen molar-refractivity contribution >= 4 is 72.9 Å². The van der Waals surface area contributed by atoms with E-state index in [1.165, 1.54) is 89.2 Å². The number of nitrogens with two attached hydrogens (primary N) is 1. The lowest BCUT2D eigenvalue weighted by atomic mass is 9.83. The average Bonchev–Trinajstić information content (AvgIpc) is 1.61. The van der Waals surface area contributed by atoms with Crippen molar-refractivity contribution in [2.24, 2.45) is 5.92 Å². The van der Waals surface area contributed by atoms with E-state index in [2.05, 4.69) is 101 Å². The van der Waals surface area contributed by atoms with Gasteiger partial charge in [0.2, 0.25) is 0 Å². The molecule has 29 heteroatoms. The van der Waals surface area contributed by atoms with E-state index in [1.807, 2.05) is 80.6 Å². The number of nitrogens with zero attached hydrogens (tertiary/aromatic N) is 12. The van der Waals surface area contributed by atoms with Gasteiger partial charge in [0.05, 0.1) is 74.7 Å². The van der Waals surface area contributed by atoms with Gasteiger partial charge in [-0.15, -0.1) is 0 Å². The third kappa shape index (κ3) is 26.7. The average molecular weight is 1690 g/mol. The number of nitrogen functional groups attached to an aromatic ring is 1. The second-order valence-electron chi connectivity index (χ2n) is 24.5. The lowest BCUT2D eigenvalue weighted by Crippen LogP contribution is -2.35. The molecular formula is C85H84Br2ClN15O11. The number of hydrogen-bond acceptors (Lipinski definition) is 23. The fraction of sp³-hybridized carbons (Fsp3) is 0.176. The highest BCUT2D eigenvalue weighted by molar-refractivity contribution is 9.10. The van der Waals surface area contributed by atoms with Crippen LogP contribution in [0.15, 0.2) is 305 Å². The molecule has 2 atom stereocenters. The van der Waals surface area contributed by atoms with E-state index < -0.39 is 0 Å². The van der Waals surface area contributed by atoms with Crippen molar-refractivity contribution in [3.8, 4) is 73.9 Å². The van der Waals surface area contributed by atoms with Crippen molar-refractivity contribution in [2.45, 2.75) is 72.8 Å². The molecule has 12 heterocycles. The van der Waals surface area contributed by atoms with Crippen molar-refractivity contribution < 1.29 is 36.7 Å². The molecule has 2 aliphatic carbocycles. The zero-order valence-corrected chi connectivity index (χ0v) is 66.3. The van der Waals surface area contributed by atoms with Crippen LogP contribution in [-0.4, -0.2) is 97.9 Å². The van der Waals surface area contributed by atoms with Gasteiger partial charge in [-0.2, -0.15) is 0 Å². The first-order chi connectivity index (χ1) is 54.9. The van der Waals surface area contributed by atoms with Crippen LogP contribution in [0.1, 0.15) is 74.4 Å². The van der Waals surface area contributed by atoms with Crippen LogP contribution >= 0.6 is 43.5 Å². The molecule has 12 aromatic heterocycles. The Hall–Kier alpha value is -12.9. The first-order valence-electron chi connectivity index (χ1n) is 35.2. The molecule has 114 heavy (non-hydrogen) atoms. The number of carbonyl (C=O) groups excluding carboxylic acids is 2. The minimum atomic E-state index is -0.130. The van der Waals surface area contributed by atoms with Gasteiger partial charge in [-0.25, -0.2) is 19.9 Å². The molecule has 1 saturated carbocycles. The van der Waals surface area contributed by atoms with Crippen molar-refractivity contribution in [1.29, 1.82) is 0 Å². The second-order valence-corrected chi connectivity index (χ2v) is 26.7. The maximum atomic E-state index is 12.0. The van der Waals surface area contributed by atoms with Gasteiger partial charge in [-0.3, -0.25) is 62.6 Å². The predicted molar refractivity (Wildman–Crippen MR) is 449 cm³/mol. The van der Waals surface area contributed by atoms with E-state index in [9.17, 15) is 24.0 Å². The summed E-state index contributed by atoms with van der Waals surface area (Å²) in [6.45, 7) is 6.26. The van der Waals surface area contributed by atoms with Crippen molar-refractivity contribution in [3.05, 3.63) is 326 Å². The predicted octanol–water partition coefficient (Wildman–Crippen LogP) is 18.0. The number of ketones is 1. The maximum absolute atomic E-state index is 12.0. The van der Waals surface area contributed by atoms with Crippen LogP contribution in [0.25, 0.3) is 62.4 Å². The Labute approximate surface area is 679 Å². The third-order valence-electron chi connectivity index (χ3n) is 16.9. The van der Waals surface area contributed by atoms with Crippen LogP contribution in [0, 0.1) is 19.8 Å². The summed E-state index contributed by atoms with van der Waals surface area (Å²) in [6, 6.07) is 36.6. The number of allylic oxidation sites excluding steroid dienone is 4. The van der Waals surface area contributed by atoms with Crippen molar-refractivity contribution in [1.82, 2.24) is 63.9 Å². The number of aldehydes is 1. The molecule has 2 aliphatic rings. The van der Waals surface area contributed by atoms with Gasteiger partial charge < -0.3 is 43.5 Å². The van der Waals surface area contributed by atoms with Gasteiger partial charge in [0.25, 0.3) is 28.0 Å². The summed E-state index contributed by atoms with van der Waals surface area (Å²) in [6.07, 6.45) is 46.1. The minimum Gasteiger partial charge on any atom is -0.497 e. The molecule has 0 spiro atoms. The molecule has 2 unspecified atom stereocenters. The Morgan fingerprint density at radius 3 is 1.46 bits per heavy atom. The topological polar surface area (TPSA) is 337 Å². The number of halogens is 3. The molecule has 2 aromatic carbocycles. The number of pyridine rings is 8. The number of benzene rings is 2. The minimum absolute atomic E-state index is 0. The quantitative estimate of drug-likeness (QED) is 0.0672. The largest absolute Gasteiger partial charge is 0.497 e. The highest BCUT2D eigenvalue weighted by Gasteiger charge is 2.21. The molecule has 0 saturated heterocycles. The SMILES string of the molecule is Brc1cncc(-c2cnco2)c1.C.CCC1CCCCC1NC.COc1ccc(C)c(N)c1.COc1ccc(C)c(Nc2ncc(-c3cncc(-n4ccccc4=O)c3)o2)c1.O=C1C=CC=CC1.O=Cc1cncc(Br)c1.O=c1ccccn1-c1cncc(-c2cnc(Cl)o2)c1.O=c1ccccn1-c1cncc(-c2cnco2)c1. The third-order valence-corrected chi connectivity index (χ3v) is 17.9. The number of ether oxygens (including phenoxy) is 2. The van der Waals surface area contributed by atoms with Gasteiger partial charge in [0, 0.05) is 153 Å². The second kappa shape index (κ2) is 45.4. The molecule has 0 bridgehead atoms. The van der Waals surface area contributed by atoms with Gasteiger partial charge >= 0.3 is 0 Å². The molecule has 586 valence electrons. The summed E-state index contributed by atoms with van der Waals surface area (Å²) in [7, 11) is 5.35. The lowest BCUT2D eigenvalue weighted by Gasteiger charge is -2.30. The Bertz CT molecular complexity index is 5580. The molecule has 26 nitrogen and oxygen atoms in total. The number of aromatic nitrogens is 12. The summed E-state index contributed by atoms with van der Waals surface area (Å²) >= 11 is 12.1. The van der Waals surface area contributed by atoms with Gasteiger partial charge in [-0.05, 0) is 161 Å². The highest BCUT2D eigenvalue weighted by Crippen LogP contribution is 2.31. The van der Waals surface area contributed by atoms with Crippen molar-refractivity contribution in [2.75, 3.05) is 32.3 Å². The maximum Gasteiger partial charge on any atom is 0.299 e. The molecule has 1 fully saturated rings. The Kier molecular flexibility index (Phi) is 34.6. The van der Waals surface area contributed by atoms with Crippen LogP contribution in [0.2, 0.25) is 5.35 Å². The Balaban J connectivity index is 0.000000170. The van der Waals surface area contributed by atoms with E-state index >= 15 is 0 Å². The number of nitrogens with one attached hydrogen (secondary N) is 2. The van der Waals surface area contributed by atoms with Crippen LogP contribution in [-0.2, 0) is 4.79 Å². The van der Waals surface area contributed by atoms with Gasteiger partial charge in [0.15, 0.2) is 47.9 Å². The first-order valence-corrected chi connectivity index (χ1v) is 37.2. The number of methoxy groups -OCH3 is 2. The number of rotatable bonds is 14. The fourth-order valence-corrected chi connectivity index (χ4v) is 11.8. The molecular weight excluding hydrogens is 1600 g/mol. The van der Waals surface area contributed by atoms with Gasteiger partial charge in [0.1, 0.15) is 11.5 Å². The lowest BCUT2D eigenvalue weighted by molar-refractivity contribution is -0.113. The van der Waals surface area contributed by atoms with E-state index in [0.29, 0.717) is 57.9 Å². The Morgan fingerprint density at radius 1 is 0.553 bits per heavy atom. The summed E-state index contributed by atoms with van der Waals surface area (Å²) < 4.78 is 37.9. The molecule has 0 amide bonds. The summed E-state index contributed by atoms with van der Waals surface area (Å²) in [5, 5.41) is 6.63. The summed E-state index contributed by atoms with van der Waals surface area (Å²) in [4.78, 5) is 91.9. The van der Waals surface area contributed by atoms with Crippen LogP contribution < -0.4 is 42.5 Å². The van der Waals surface area contributed by atoms with Crippen LogP contribution in [0.3, 0.4) is 0 Å². The summed E-state index contributed by atoms with van der Waals surface area (Å²) in [5.74, 6) is 5.09. The Morgan fingerprint density at radius 2 is 1.04 bits per heavy atom. The van der Waals surface area contributed by atoms with Gasteiger partial charge in [-0.1, -0.05) is 82.2 Å². The number of hydrogen-bond donors (Lipinski definition) is 3. The first kappa shape index (κ1) is 86.7. The molecule has 14 aromatic rings. The van der Waals surface area contributed by atoms with E-state index in [0.717, 1.165) is 83.6 Å². The zero-order chi connectivity index (χ0) is 80.3. The molecule has 0 radical (unpaired) electrons. The monoisotopic (exact) mass is 1680 g/mol. The van der Waals surface area contributed by atoms with E-state index in [-0.39, 0.29) is 35.2 Å². The molecule has 16 rings (SSSR count). The smallest absolute Gasteiger partial charge is 0.299 e. The van der Waals surface area contributed by atoms with E-state index in [1.54, 1.807) is 168 Å². The number of anilines is 3. The normalized spacial score (nSPS) is 12.7.